The van der Waals surface area contributed by atoms with E-state index in [1.165, 1.54) is 10.9 Å². The van der Waals surface area contributed by atoms with Crippen molar-refractivity contribution in [2.75, 3.05) is 5.32 Å². The number of aromatic nitrogens is 3. The molecule has 194 valence electrons. The van der Waals surface area contributed by atoms with Crippen molar-refractivity contribution in [3.05, 3.63) is 135 Å². The highest BCUT2D eigenvalue weighted by Crippen LogP contribution is 2.30. The maximum absolute atomic E-state index is 13.6. The number of hydrogen-bond donors (Lipinski definition) is 2. The molecular weight excluding hydrogens is 537 g/mol. The molecule has 0 aliphatic heterocycles. The lowest BCUT2D eigenvalue weighted by Gasteiger charge is -2.15. The molecular formula is C29H21Cl2N5O3. The van der Waals surface area contributed by atoms with E-state index in [1.807, 2.05) is 18.2 Å². The molecule has 2 aromatic heterocycles. The fraction of sp³-hybridized carbons (Fsp3) is 0.0345. The van der Waals surface area contributed by atoms with Crippen LogP contribution in [0.2, 0.25) is 10.0 Å². The number of hydrogen-bond acceptors (Lipinski definition) is 6. The summed E-state index contributed by atoms with van der Waals surface area (Å²) in [7, 11) is 0. The molecule has 39 heavy (non-hydrogen) atoms. The Labute approximate surface area is 233 Å². The third kappa shape index (κ3) is 6.43. The zero-order valence-corrected chi connectivity index (χ0v) is 21.9. The predicted molar refractivity (Wildman–Crippen MR) is 152 cm³/mol. The van der Waals surface area contributed by atoms with Gasteiger partial charge in [-0.1, -0.05) is 41.4 Å². The van der Waals surface area contributed by atoms with E-state index < -0.39 is 5.56 Å². The lowest BCUT2D eigenvalue weighted by atomic mass is 10.2. The third-order valence-corrected chi connectivity index (χ3v) is 6.07. The standard InChI is InChI=1S/C29H21Cl2N5O3/c30-20-10-12-25(13-11-20)39-26-18-34-36(24-9-4-6-21(31)16-24)29(38)27(26)35-22-8-3-5-19(15-22)28(37)33-17-23-7-1-2-14-32-23/h1-16,18,35H,17H2,(H,33,37). The summed E-state index contributed by atoms with van der Waals surface area (Å²) in [6.45, 7) is 0.283. The van der Waals surface area contributed by atoms with Crippen LogP contribution in [0, 0.1) is 0 Å². The number of carbonyl (C=O) groups excluding carboxylic acids is 1. The second-order valence-electron chi connectivity index (χ2n) is 8.35. The molecule has 0 aliphatic rings. The van der Waals surface area contributed by atoms with Crippen molar-refractivity contribution < 1.29 is 9.53 Å². The highest BCUT2D eigenvalue weighted by atomic mass is 35.5. The molecule has 1 amide bonds. The molecule has 0 spiro atoms. The van der Waals surface area contributed by atoms with E-state index in [0.29, 0.717) is 32.7 Å². The van der Waals surface area contributed by atoms with Gasteiger partial charge in [0.1, 0.15) is 5.75 Å². The SMILES string of the molecule is O=C(NCc1ccccn1)c1cccc(Nc2c(Oc3ccc(Cl)cc3)cnn(-c3cccc(Cl)c3)c2=O)c1. The number of benzene rings is 3. The van der Waals surface area contributed by atoms with Crippen molar-refractivity contribution in [1.82, 2.24) is 20.1 Å². The molecule has 0 radical (unpaired) electrons. The summed E-state index contributed by atoms with van der Waals surface area (Å²) in [5, 5.41) is 11.3. The molecule has 2 N–H and O–H groups in total. The van der Waals surface area contributed by atoms with Crippen LogP contribution in [0.3, 0.4) is 0 Å². The molecule has 0 unspecified atom stereocenters. The number of halogens is 2. The van der Waals surface area contributed by atoms with Gasteiger partial charge in [-0.3, -0.25) is 14.6 Å². The molecule has 3 aromatic carbocycles. The lowest BCUT2D eigenvalue weighted by Crippen LogP contribution is -2.24. The summed E-state index contributed by atoms with van der Waals surface area (Å²) in [6.07, 6.45) is 3.10. The zero-order valence-electron chi connectivity index (χ0n) is 20.3. The lowest BCUT2D eigenvalue weighted by molar-refractivity contribution is 0.0950. The van der Waals surface area contributed by atoms with Crippen molar-refractivity contribution in [3.8, 4) is 17.2 Å². The average Bonchev–Trinajstić information content (AvgIpc) is 2.95. The van der Waals surface area contributed by atoms with Crippen LogP contribution in [0.4, 0.5) is 11.4 Å². The van der Waals surface area contributed by atoms with Crippen LogP contribution in [0.25, 0.3) is 5.69 Å². The number of nitrogens with one attached hydrogen (secondary N) is 2. The number of carbonyl (C=O) groups is 1. The van der Waals surface area contributed by atoms with Crippen LogP contribution in [-0.2, 0) is 6.54 Å². The third-order valence-electron chi connectivity index (χ3n) is 5.59. The first kappa shape index (κ1) is 26.0. The Hall–Kier alpha value is -4.66. The normalized spacial score (nSPS) is 10.6. The number of rotatable bonds is 8. The van der Waals surface area contributed by atoms with Gasteiger partial charge in [-0.05, 0) is 72.8 Å². The Balaban J connectivity index is 1.46. The van der Waals surface area contributed by atoms with E-state index in [0.717, 1.165) is 5.69 Å². The van der Waals surface area contributed by atoms with Gasteiger partial charge in [0.05, 0.1) is 24.1 Å². The minimum atomic E-state index is -0.478. The number of anilines is 2. The van der Waals surface area contributed by atoms with Crippen LogP contribution in [0.15, 0.2) is 108 Å². The Morgan fingerprint density at radius 1 is 0.897 bits per heavy atom. The van der Waals surface area contributed by atoms with Gasteiger partial charge in [0.15, 0.2) is 11.4 Å². The maximum atomic E-state index is 13.6. The van der Waals surface area contributed by atoms with E-state index in [4.69, 9.17) is 27.9 Å². The zero-order chi connectivity index (χ0) is 27.2. The highest BCUT2D eigenvalue weighted by molar-refractivity contribution is 6.31. The van der Waals surface area contributed by atoms with E-state index in [1.54, 1.807) is 79.0 Å². The van der Waals surface area contributed by atoms with Gasteiger partial charge >= 0.3 is 0 Å². The molecule has 0 saturated heterocycles. The van der Waals surface area contributed by atoms with Crippen molar-refractivity contribution >= 4 is 40.5 Å². The smallest absolute Gasteiger partial charge is 0.299 e. The Bertz CT molecular complexity index is 1680. The average molecular weight is 558 g/mol. The van der Waals surface area contributed by atoms with Gasteiger partial charge in [0, 0.05) is 27.5 Å². The van der Waals surface area contributed by atoms with Gasteiger partial charge in [0.25, 0.3) is 11.5 Å². The highest BCUT2D eigenvalue weighted by Gasteiger charge is 2.17. The Morgan fingerprint density at radius 3 is 2.49 bits per heavy atom. The predicted octanol–water partition coefficient (Wildman–Crippen LogP) is 6.40. The van der Waals surface area contributed by atoms with E-state index in [2.05, 4.69) is 20.7 Å². The molecule has 2 heterocycles. The van der Waals surface area contributed by atoms with Crippen molar-refractivity contribution in [1.29, 1.82) is 0 Å². The number of amides is 1. The van der Waals surface area contributed by atoms with Gasteiger partial charge in [-0.25, -0.2) is 0 Å². The van der Waals surface area contributed by atoms with Crippen LogP contribution in [0.5, 0.6) is 11.5 Å². The Morgan fingerprint density at radius 2 is 1.72 bits per heavy atom. The summed E-state index contributed by atoms with van der Waals surface area (Å²) >= 11 is 12.1. The van der Waals surface area contributed by atoms with E-state index in [-0.39, 0.29) is 23.9 Å². The minimum Gasteiger partial charge on any atom is -0.453 e. The monoisotopic (exact) mass is 557 g/mol. The van der Waals surface area contributed by atoms with Gasteiger partial charge in [-0.2, -0.15) is 9.78 Å². The molecule has 0 saturated carbocycles. The molecule has 0 fully saturated rings. The molecule has 5 rings (SSSR count). The van der Waals surface area contributed by atoms with Crippen LogP contribution in [0.1, 0.15) is 16.1 Å². The number of pyridine rings is 1. The Kier molecular flexibility index (Phi) is 7.86. The number of ether oxygens (including phenoxy) is 1. The summed E-state index contributed by atoms with van der Waals surface area (Å²) < 4.78 is 7.20. The summed E-state index contributed by atoms with van der Waals surface area (Å²) in [5.74, 6) is 0.366. The van der Waals surface area contributed by atoms with Crippen molar-refractivity contribution in [2.45, 2.75) is 6.54 Å². The van der Waals surface area contributed by atoms with Gasteiger partial charge in [0.2, 0.25) is 0 Å². The van der Waals surface area contributed by atoms with E-state index in [9.17, 15) is 9.59 Å². The number of nitrogens with zero attached hydrogens (tertiary/aromatic N) is 3. The first-order chi connectivity index (χ1) is 19.0. The topological polar surface area (TPSA) is 98.1 Å². The van der Waals surface area contributed by atoms with E-state index >= 15 is 0 Å². The molecule has 0 atom stereocenters. The minimum absolute atomic E-state index is 0.117. The second kappa shape index (κ2) is 11.8. The van der Waals surface area contributed by atoms with Gasteiger partial charge < -0.3 is 15.4 Å². The van der Waals surface area contributed by atoms with Crippen LogP contribution < -0.4 is 20.9 Å². The quantitative estimate of drug-likeness (QED) is 0.229. The second-order valence-corrected chi connectivity index (χ2v) is 9.22. The van der Waals surface area contributed by atoms with Crippen LogP contribution >= 0.6 is 23.2 Å². The molecule has 8 nitrogen and oxygen atoms in total. The van der Waals surface area contributed by atoms with Gasteiger partial charge in [-0.15, -0.1) is 0 Å². The van der Waals surface area contributed by atoms with Crippen molar-refractivity contribution in [3.63, 3.8) is 0 Å². The maximum Gasteiger partial charge on any atom is 0.299 e. The molecule has 5 aromatic rings. The molecule has 10 heteroatoms. The summed E-state index contributed by atoms with van der Waals surface area (Å²) in [6, 6.07) is 25.8. The molecule has 0 bridgehead atoms. The first-order valence-corrected chi connectivity index (χ1v) is 12.6. The summed E-state index contributed by atoms with van der Waals surface area (Å²) in [5.41, 5.74) is 1.76. The fourth-order valence-corrected chi connectivity index (χ4v) is 4.02. The van der Waals surface area contributed by atoms with Crippen LogP contribution in [-0.4, -0.2) is 20.7 Å². The molecule has 0 aliphatic carbocycles. The first-order valence-electron chi connectivity index (χ1n) is 11.8. The largest absolute Gasteiger partial charge is 0.453 e. The van der Waals surface area contributed by atoms with Crippen molar-refractivity contribution in [2.24, 2.45) is 0 Å². The summed E-state index contributed by atoms with van der Waals surface area (Å²) in [4.78, 5) is 30.7. The fourth-order valence-electron chi connectivity index (χ4n) is 3.71.